The van der Waals surface area contributed by atoms with Crippen LogP contribution >= 0.6 is 11.3 Å². The van der Waals surface area contributed by atoms with E-state index in [1.165, 1.54) is 9.75 Å². The summed E-state index contributed by atoms with van der Waals surface area (Å²) in [6, 6.07) is 18.7. The quantitative estimate of drug-likeness (QED) is 0.343. The largest absolute Gasteiger partial charge is 0.488 e. The fourth-order valence-electron chi connectivity index (χ4n) is 4.79. The fraction of sp³-hybridized carbons (Fsp3) is 0.414. The molecular weight excluding hydrogens is 470 g/mol. The number of benzene rings is 2. The van der Waals surface area contributed by atoms with Gasteiger partial charge in [0.1, 0.15) is 11.9 Å². The molecule has 6 nitrogen and oxygen atoms in total. The van der Waals surface area contributed by atoms with Gasteiger partial charge in [0.2, 0.25) is 0 Å². The van der Waals surface area contributed by atoms with Crippen LogP contribution in [-0.4, -0.2) is 42.4 Å². The molecule has 2 heterocycles. The van der Waals surface area contributed by atoms with E-state index in [1.54, 1.807) is 11.3 Å². The Balaban J connectivity index is 1.22. The van der Waals surface area contributed by atoms with Crippen LogP contribution in [0.25, 0.3) is 10.4 Å². The number of ether oxygens (including phenoxy) is 1. The summed E-state index contributed by atoms with van der Waals surface area (Å²) >= 11 is 1.79. The summed E-state index contributed by atoms with van der Waals surface area (Å²) in [7, 11) is 0. The van der Waals surface area contributed by atoms with Gasteiger partial charge in [0.15, 0.2) is 0 Å². The monoisotopic (exact) mass is 505 g/mol. The van der Waals surface area contributed by atoms with Crippen molar-refractivity contribution in [2.24, 2.45) is 0 Å². The molecule has 7 heteroatoms. The molecule has 3 aromatic rings. The molecule has 2 fully saturated rings. The third-order valence-electron chi connectivity index (χ3n) is 7.15. The average molecular weight is 506 g/mol. The predicted octanol–water partition coefficient (Wildman–Crippen LogP) is 4.57. The third kappa shape index (κ3) is 5.98. The summed E-state index contributed by atoms with van der Waals surface area (Å²) in [6.07, 6.45) is 2.80. The lowest BCUT2D eigenvalue weighted by molar-refractivity contribution is 0.0937. The Hall–Kier alpha value is -2.71. The van der Waals surface area contributed by atoms with Gasteiger partial charge in [-0.2, -0.15) is 0 Å². The zero-order chi connectivity index (χ0) is 25.1. The first-order valence-electron chi connectivity index (χ1n) is 12.8. The number of aliphatic hydroxyl groups excluding tert-OH is 1. The summed E-state index contributed by atoms with van der Waals surface area (Å²) in [4.78, 5) is 15.6. The number of carbonyl (C=O) groups is 1. The zero-order valence-corrected chi connectivity index (χ0v) is 21.7. The van der Waals surface area contributed by atoms with E-state index >= 15 is 0 Å². The second-order valence-corrected chi connectivity index (χ2v) is 11.2. The standard InChI is InChI=1S/C29H35N3O3S/c1-18-6-9-24(35-25-15-30-16-25)14-27(18)29(34)32-19(2)20-4-3-5-21(12-20)28-11-10-26(36-28)17-31-22-7-8-23(33)13-22/h3-6,9-12,14,19,22-23,25,30-31,33H,7-8,13,15-17H2,1-2H3,(H,32,34)/t19?,22-,23-/m0/s1. The lowest BCUT2D eigenvalue weighted by atomic mass is 10.0. The molecule has 0 radical (unpaired) electrons. The Morgan fingerprint density at radius 1 is 1.17 bits per heavy atom. The van der Waals surface area contributed by atoms with Crippen LogP contribution in [0, 0.1) is 6.92 Å². The van der Waals surface area contributed by atoms with Crippen molar-refractivity contribution >= 4 is 17.2 Å². The van der Waals surface area contributed by atoms with Crippen molar-refractivity contribution < 1.29 is 14.6 Å². The van der Waals surface area contributed by atoms with Gasteiger partial charge in [-0.05, 0) is 80.1 Å². The molecule has 36 heavy (non-hydrogen) atoms. The minimum Gasteiger partial charge on any atom is -0.488 e. The van der Waals surface area contributed by atoms with Crippen LogP contribution in [0.1, 0.15) is 58.6 Å². The van der Waals surface area contributed by atoms with Crippen LogP contribution in [0.3, 0.4) is 0 Å². The first-order chi connectivity index (χ1) is 17.4. The van der Waals surface area contributed by atoms with E-state index in [4.69, 9.17) is 4.74 Å². The Kier molecular flexibility index (Phi) is 7.72. The topological polar surface area (TPSA) is 82.6 Å². The van der Waals surface area contributed by atoms with E-state index < -0.39 is 0 Å². The molecule has 1 saturated heterocycles. The summed E-state index contributed by atoms with van der Waals surface area (Å²) < 4.78 is 5.95. The normalized spacial score (nSPS) is 20.6. The lowest BCUT2D eigenvalue weighted by Crippen LogP contribution is -2.50. The third-order valence-corrected chi connectivity index (χ3v) is 8.29. The second-order valence-electron chi connectivity index (χ2n) is 10.0. The van der Waals surface area contributed by atoms with E-state index in [0.29, 0.717) is 11.6 Å². The number of rotatable bonds is 9. The van der Waals surface area contributed by atoms with Gasteiger partial charge in [0, 0.05) is 41.0 Å². The van der Waals surface area contributed by atoms with Crippen molar-refractivity contribution in [3.8, 4) is 16.2 Å². The van der Waals surface area contributed by atoms with Gasteiger partial charge in [0.05, 0.1) is 12.1 Å². The number of nitrogens with one attached hydrogen (secondary N) is 3. The summed E-state index contributed by atoms with van der Waals surface area (Å²) in [5.74, 6) is 0.642. The first-order valence-corrected chi connectivity index (χ1v) is 13.7. The van der Waals surface area contributed by atoms with Crippen molar-refractivity contribution in [3.63, 3.8) is 0 Å². The molecule has 190 valence electrons. The van der Waals surface area contributed by atoms with Crippen molar-refractivity contribution in [3.05, 3.63) is 76.2 Å². The maximum absolute atomic E-state index is 13.1. The maximum atomic E-state index is 13.1. The van der Waals surface area contributed by atoms with Gasteiger partial charge >= 0.3 is 0 Å². The van der Waals surface area contributed by atoms with E-state index in [2.05, 4.69) is 52.3 Å². The van der Waals surface area contributed by atoms with Crippen LogP contribution < -0.4 is 20.7 Å². The number of amides is 1. The van der Waals surface area contributed by atoms with Crippen LogP contribution in [-0.2, 0) is 6.54 Å². The second kappa shape index (κ2) is 11.1. The number of thiophene rings is 1. The highest BCUT2D eigenvalue weighted by Crippen LogP contribution is 2.31. The highest BCUT2D eigenvalue weighted by atomic mass is 32.1. The fourth-order valence-corrected chi connectivity index (χ4v) is 5.75. The highest BCUT2D eigenvalue weighted by molar-refractivity contribution is 7.15. The molecule has 0 bridgehead atoms. The zero-order valence-electron chi connectivity index (χ0n) is 20.9. The molecular formula is C29H35N3O3S. The SMILES string of the molecule is Cc1ccc(OC2CNC2)cc1C(=O)NC(C)c1cccc(-c2ccc(CN[C@H]3CC[C@H](O)C3)s2)c1. The van der Waals surface area contributed by atoms with E-state index in [1.807, 2.05) is 32.0 Å². The Labute approximate surface area is 217 Å². The van der Waals surface area contributed by atoms with Gasteiger partial charge in [-0.15, -0.1) is 11.3 Å². The van der Waals surface area contributed by atoms with Gasteiger partial charge in [-0.1, -0.05) is 24.3 Å². The molecule has 1 saturated carbocycles. The number of hydrogen-bond acceptors (Lipinski definition) is 6. The molecule has 1 aliphatic heterocycles. The Bertz CT molecular complexity index is 1210. The summed E-state index contributed by atoms with van der Waals surface area (Å²) in [5.41, 5.74) is 3.80. The van der Waals surface area contributed by atoms with Gasteiger partial charge in [-0.25, -0.2) is 0 Å². The molecule has 1 aromatic heterocycles. The van der Waals surface area contributed by atoms with Crippen LogP contribution in [0.2, 0.25) is 0 Å². The molecule has 5 rings (SSSR count). The molecule has 2 aliphatic rings. The van der Waals surface area contributed by atoms with Crippen molar-refractivity contribution in [1.82, 2.24) is 16.0 Å². The number of aliphatic hydroxyl groups is 1. The Morgan fingerprint density at radius 2 is 2.03 bits per heavy atom. The Morgan fingerprint density at radius 3 is 2.78 bits per heavy atom. The predicted molar refractivity (Wildman–Crippen MR) is 145 cm³/mol. The first kappa shape index (κ1) is 25.0. The molecule has 0 spiro atoms. The minimum absolute atomic E-state index is 0.0934. The molecule has 3 atom stereocenters. The smallest absolute Gasteiger partial charge is 0.252 e. The number of hydrogen-bond donors (Lipinski definition) is 4. The van der Waals surface area contributed by atoms with Crippen LogP contribution in [0.5, 0.6) is 5.75 Å². The van der Waals surface area contributed by atoms with Gasteiger partial charge < -0.3 is 25.8 Å². The van der Waals surface area contributed by atoms with Crippen molar-refractivity contribution in [2.45, 2.75) is 63.9 Å². The maximum Gasteiger partial charge on any atom is 0.252 e. The van der Waals surface area contributed by atoms with Crippen molar-refractivity contribution in [2.75, 3.05) is 13.1 Å². The highest BCUT2D eigenvalue weighted by Gasteiger charge is 2.22. The number of aryl methyl sites for hydroxylation is 1. The van der Waals surface area contributed by atoms with Crippen LogP contribution in [0.15, 0.2) is 54.6 Å². The molecule has 1 aliphatic carbocycles. The van der Waals surface area contributed by atoms with E-state index in [0.717, 1.165) is 61.3 Å². The summed E-state index contributed by atoms with van der Waals surface area (Å²) in [5, 5.41) is 19.7. The van der Waals surface area contributed by atoms with Gasteiger partial charge in [-0.3, -0.25) is 4.79 Å². The molecule has 4 N–H and O–H groups in total. The number of carbonyl (C=O) groups excluding carboxylic acids is 1. The van der Waals surface area contributed by atoms with E-state index in [9.17, 15) is 9.90 Å². The minimum atomic E-state index is -0.155. The van der Waals surface area contributed by atoms with E-state index in [-0.39, 0.29) is 24.2 Å². The van der Waals surface area contributed by atoms with Crippen LogP contribution in [0.4, 0.5) is 0 Å². The lowest BCUT2D eigenvalue weighted by Gasteiger charge is -2.28. The molecule has 1 amide bonds. The van der Waals surface area contributed by atoms with Gasteiger partial charge in [0.25, 0.3) is 5.91 Å². The van der Waals surface area contributed by atoms with Crippen molar-refractivity contribution in [1.29, 1.82) is 0 Å². The average Bonchev–Trinajstić information content (AvgIpc) is 3.50. The molecule has 1 unspecified atom stereocenters. The molecule has 2 aromatic carbocycles. The summed E-state index contributed by atoms with van der Waals surface area (Å²) in [6.45, 7) is 6.48.